The molecule has 2 aromatic heterocycles. The van der Waals surface area contributed by atoms with Crippen LogP contribution in [0, 0.1) is 0 Å². The summed E-state index contributed by atoms with van der Waals surface area (Å²) in [6.07, 6.45) is 2.03. The second kappa shape index (κ2) is 16.8. The van der Waals surface area contributed by atoms with Crippen molar-refractivity contribution in [3.8, 4) is 28.5 Å². The molecule has 6 rings (SSSR count). The van der Waals surface area contributed by atoms with Crippen LogP contribution in [0.2, 0.25) is 0 Å². The molecule has 49 heavy (non-hydrogen) atoms. The maximum absolute atomic E-state index is 12.3. The van der Waals surface area contributed by atoms with Gasteiger partial charge in [0.25, 0.3) is 0 Å². The lowest BCUT2D eigenvalue weighted by Crippen LogP contribution is -2.44. The van der Waals surface area contributed by atoms with E-state index in [1.165, 1.54) is 5.69 Å². The Kier molecular flexibility index (Phi) is 11.8. The van der Waals surface area contributed by atoms with Gasteiger partial charge in [-0.1, -0.05) is 26.0 Å². The predicted molar refractivity (Wildman–Crippen MR) is 199 cm³/mol. The molecule has 1 aliphatic rings. The second-order valence-corrected chi connectivity index (χ2v) is 12.9. The fraction of sp³-hybridized carbons (Fsp3) is 0.447. The third-order valence-electron chi connectivity index (χ3n) is 9.37. The molecule has 0 radical (unpaired) electrons. The Morgan fingerprint density at radius 1 is 0.837 bits per heavy atom. The molecule has 0 atom stereocenters. The zero-order chi connectivity index (χ0) is 34.0. The minimum absolute atomic E-state index is 0.0696. The molecule has 260 valence electrons. The number of carbonyl (C=O) groups is 1. The number of aromatic nitrogens is 4. The highest BCUT2D eigenvalue weighted by Gasteiger charge is 2.16. The molecule has 11 nitrogen and oxygen atoms in total. The number of benzene rings is 3. The van der Waals surface area contributed by atoms with E-state index < -0.39 is 0 Å². The van der Waals surface area contributed by atoms with Gasteiger partial charge in [-0.2, -0.15) is 0 Å². The topological polar surface area (TPSA) is 117 Å². The number of carbonyl (C=O) groups excluding carboxylic acids is 1. The van der Waals surface area contributed by atoms with Gasteiger partial charge in [0.15, 0.2) is 0 Å². The first kappa shape index (κ1) is 34.4. The summed E-state index contributed by atoms with van der Waals surface area (Å²) in [5.41, 5.74) is 7.01. The van der Waals surface area contributed by atoms with Crippen molar-refractivity contribution in [1.29, 1.82) is 0 Å². The van der Waals surface area contributed by atoms with Crippen molar-refractivity contribution in [3.63, 3.8) is 0 Å². The average molecular weight is 666 g/mol. The minimum Gasteiger partial charge on any atom is -0.494 e. The number of amides is 1. The Morgan fingerprint density at radius 3 is 2.31 bits per heavy atom. The minimum atomic E-state index is 0.0696. The summed E-state index contributed by atoms with van der Waals surface area (Å²) in [5, 5.41) is 6.47. The van der Waals surface area contributed by atoms with Gasteiger partial charge in [-0.15, -0.1) is 0 Å². The maximum atomic E-state index is 12.3. The maximum Gasteiger partial charge on any atom is 0.220 e. The normalized spacial score (nSPS) is 13.9. The largest absolute Gasteiger partial charge is 0.494 e. The van der Waals surface area contributed by atoms with Gasteiger partial charge in [0.2, 0.25) is 5.91 Å². The van der Waals surface area contributed by atoms with Crippen molar-refractivity contribution in [3.05, 3.63) is 60.7 Å². The number of imidazole rings is 2. The van der Waals surface area contributed by atoms with Gasteiger partial charge in [0, 0.05) is 69.0 Å². The fourth-order valence-corrected chi connectivity index (χ4v) is 6.28. The number of likely N-dealkylation sites (N-methyl/N-ethyl adjacent to an activating group) is 2. The first-order valence-corrected chi connectivity index (χ1v) is 17.9. The van der Waals surface area contributed by atoms with Crippen molar-refractivity contribution >= 4 is 33.7 Å². The van der Waals surface area contributed by atoms with E-state index in [1.54, 1.807) is 0 Å². The number of hydrogen-bond acceptors (Lipinski definition) is 8. The van der Waals surface area contributed by atoms with E-state index in [0.717, 1.165) is 116 Å². The molecular weight excluding hydrogens is 614 g/mol. The highest BCUT2D eigenvalue weighted by molar-refractivity contribution is 5.87. The summed E-state index contributed by atoms with van der Waals surface area (Å²) in [7, 11) is 2.18. The lowest BCUT2D eigenvalue weighted by Gasteiger charge is -2.34. The zero-order valence-corrected chi connectivity index (χ0v) is 29.2. The molecule has 11 heteroatoms. The standard InChI is InChI=1S/C38H51N9O2/c1-4-46(5-2)19-18-39-16-8-17-40-36(48)11-7-24-49-31-10-6-9-28(25-31)37-41-32-14-12-29(26-34(32)43-37)38-42-33-15-13-30(27-35(33)44-38)47-22-20-45(3)21-23-47/h6,9-10,12-15,25-27,39H,4-5,7-8,11,16-24H2,1-3H3,(H,40,48)(H,41,43)(H,42,44). The predicted octanol–water partition coefficient (Wildman–Crippen LogP) is 5.12. The van der Waals surface area contributed by atoms with Crippen LogP contribution >= 0.6 is 0 Å². The molecule has 0 aliphatic carbocycles. The molecule has 0 saturated carbocycles. The van der Waals surface area contributed by atoms with E-state index in [9.17, 15) is 4.79 Å². The monoisotopic (exact) mass is 665 g/mol. The molecule has 5 aromatic rings. The van der Waals surface area contributed by atoms with Gasteiger partial charge in [-0.05, 0) is 88.1 Å². The summed E-state index contributed by atoms with van der Waals surface area (Å²) in [4.78, 5) is 36.2. The van der Waals surface area contributed by atoms with E-state index in [2.05, 4.69) is 86.5 Å². The molecule has 3 aromatic carbocycles. The number of ether oxygens (including phenoxy) is 1. The van der Waals surface area contributed by atoms with Gasteiger partial charge >= 0.3 is 0 Å². The molecule has 0 spiro atoms. The van der Waals surface area contributed by atoms with E-state index in [0.29, 0.717) is 26.0 Å². The van der Waals surface area contributed by atoms with Crippen LogP contribution in [-0.2, 0) is 4.79 Å². The van der Waals surface area contributed by atoms with Crippen LogP contribution in [0.1, 0.15) is 33.1 Å². The summed E-state index contributed by atoms with van der Waals surface area (Å²) >= 11 is 0. The zero-order valence-electron chi connectivity index (χ0n) is 29.2. The van der Waals surface area contributed by atoms with Crippen molar-refractivity contribution in [2.75, 3.05) is 84.0 Å². The van der Waals surface area contributed by atoms with E-state index in [4.69, 9.17) is 14.7 Å². The molecule has 1 saturated heterocycles. The van der Waals surface area contributed by atoms with Crippen LogP contribution in [0.15, 0.2) is 60.7 Å². The lowest BCUT2D eigenvalue weighted by atomic mass is 10.2. The number of rotatable bonds is 17. The average Bonchev–Trinajstić information content (AvgIpc) is 3.76. The quantitative estimate of drug-likeness (QED) is 0.101. The van der Waals surface area contributed by atoms with Gasteiger partial charge in [-0.3, -0.25) is 4.79 Å². The fourth-order valence-electron chi connectivity index (χ4n) is 6.28. The molecule has 1 amide bonds. The first-order valence-electron chi connectivity index (χ1n) is 17.9. The SMILES string of the molecule is CCN(CC)CCNCCCNC(=O)CCCOc1cccc(-c2nc3ccc(-c4nc5ccc(N6CCN(C)CC6)cc5[nH]4)cc3[nH]2)c1. The number of hydrogen-bond donors (Lipinski definition) is 4. The third-order valence-corrected chi connectivity index (χ3v) is 9.37. The Labute approximate surface area is 289 Å². The van der Waals surface area contributed by atoms with Crippen molar-refractivity contribution in [2.45, 2.75) is 33.1 Å². The van der Waals surface area contributed by atoms with Gasteiger partial charge in [0.05, 0.1) is 28.7 Å². The van der Waals surface area contributed by atoms with Crippen molar-refractivity contribution < 1.29 is 9.53 Å². The third kappa shape index (κ3) is 9.17. The van der Waals surface area contributed by atoms with Crippen LogP contribution in [0.4, 0.5) is 5.69 Å². The van der Waals surface area contributed by atoms with Crippen molar-refractivity contribution in [2.24, 2.45) is 0 Å². The highest BCUT2D eigenvalue weighted by atomic mass is 16.5. The van der Waals surface area contributed by atoms with Crippen LogP contribution in [0.25, 0.3) is 44.8 Å². The highest BCUT2D eigenvalue weighted by Crippen LogP contribution is 2.29. The molecule has 3 heterocycles. The summed E-state index contributed by atoms with van der Waals surface area (Å²) < 4.78 is 6.00. The Balaban J connectivity index is 0.980. The Bertz CT molecular complexity index is 1800. The molecular formula is C38H51N9O2. The molecule has 0 bridgehead atoms. The Morgan fingerprint density at radius 2 is 1.55 bits per heavy atom. The van der Waals surface area contributed by atoms with Gasteiger partial charge in [-0.25, -0.2) is 9.97 Å². The number of aromatic amines is 2. The summed E-state index contributed by atoms with van der Waals surface area (Å²) in [6.45, 7) is 14.9. The first-order chi connectivity index (χ1) is 24.0. The summed E-state index contributed by atoms with van der Waals surface area (Å²) in [5.74, 6) is 2.44. The van der Waals surface area contributed by atoms with E-state index in [1.807, 2.05) is 30.3 Å². The molecule has 0 unspecified atom stereocenters. The second-order valence-electron chi connectivity index (χ2n) is 12.9. The Hall–Kier alpha value is -4.45. The van der Waals surface area contributed by atoms with Crippen LogP contribution < -0.4 is 20.3 Å². The lowest BCUT2D eigenvalue weighted by molar-refractivity contribution is -0.121. The smallest absolute Gasteiger partial charge is 0.220 e. The number of piperazine rings is 1. The number of anilines is 1. The number of nitrogens with zero attached hydrogens (tertiary/aromatic N) is 5. The number of H-pyrrole nitrogens is 2. The van der Waals surface area contributed by atoms with Crippen LogP contribution in [-0.4, -0.2) is 115 Å². The molecule has 1 aliphatic heterocycles. The van der Waals surface area contributed by atoms with Gasteiger partial charge < -0.3 is 40.0 Å². The van der Waals surface area contributed by atoms with Crippen LogP contribution in [0.3, 0.4) is 0 Å². The number of nitrogens with one attached hydrogen (secondary N) is 4. The molecule has 4 N–H and O–H groups in total. The van der Waals surface area contributed by atoms with E-state index >= 15 is 0 Å². The molecule has 1 fully saturated rings. The van der Waals surface area contributed by atoms with E-state index in [-0.39, 0.29) is 5.91 Å². The van der Waals surface area contributed by atoms with Crippen molar-refractivity contribution in [1.82, 2.24) is 40.4 Å². The number of fused-ring (bicyclic) bond motifs is 2. The van der Waals surface area contributed by atoms with Crippen LogP contribution in [0.5, 0.6) is 5.75 Å². The summed E-state index contributed by atoms with van der Waals surface area (Å²) in [6, 6.07) is 20.6. The van der Waals surface area contributed by atoms with Gasteiger partial charge in [0.1, 0.15) is 17.4 Å².